The van der Waals surface area contributed by atoms with Crippen LogP contribution in [0.15, 0.2) is 36.9 Å². The van der Waals surface area contributed by atoms with Crippen LogP contribution < -0.4 is 5.32 Å². The third-order valence-electron chi connectivity index (χ3n) is 2.58. The fourth-order valence-corrected chi connectivity index (χ4v) is 1.53. The highest BCUT2D eigenvalue weighted by molar-refractivity contribution is 5.96. The number of benzene rings is 1. The van der Waals surface area contributed by atoms with Gasteiger partial charge in [-0.25, -0.2) is 4.79 Å². The van der Waals surface area contributed by atoms with E-state index in [2.05, 4.69) is 16.6 Å². The second-order valence-electron chi connectivity index (χ2n) is 3.96. The highest BCUT2D eigenvalue weighted by Gasteiger charge is 2.21. The van der Waals surface area contributed by atoms with Crippen LogP contribution in [0.25, 0.3) is 0 Å². The van der Waals surface area contributed by atoms with Crippen molar-refractivity contribution < 1.29 is 19.4 Å². The molecule has 0 saturated heterocycles. The number of rotatable bonds is 6. The summed E-state index contributed by atoms with van der Waals surface area (Å²) >= 11 is 0. The second-order valence-corrected chi connectivity index (χ2v) is 3.96. The van der Waals surface area contributed by atoms with E-state index in [-0.39, 0.29) is 11.7 Å². The van der Waals surface area contributed by atoms with Gasteiger partial charge in [-0.15, -0.1) is 6.58 Å². The zero-order chi connectivity index (χ0) is 14.3. The molecule has 0 spiro atoms. The summed E-state index contributed by atoms with van der Waals surface area (Å²) in [6.07, 6.45) is 2.69. The normalized spacial score (nSPS) is 11.4. The van der Waals surface area contributed by atoms with Crippen molar-refractivity contribution in [2.75, 3.05) is 7.11 Å². The predicted octanol–water partition coefficient (Wildman–Crippen LogP) is 1.63. The van der Waals surface area contributed by atoms with Gasteiger partial charge in [-0.3, -0.25) is 4.79 Å². The molecule has 1 aromatic rings. The van der Waals surface area contributed by atoms with Crippen LogP contribution in [0.4, 0.5) is 0 Å². The van der Waals surface area contributed by atoms with E-state index in [1.54, 1.807) is 6.08 Å². The van der Waals surface area contributed by atoms with Gasteiger partial charge in [-0.05, 0) is 37.1 Å². The molecule has 1 atom stereocenters. The Hall–Kier alpha value is -2.30. The first-order valence-corrected chi connectivity index (χ1v) is 5.87. The third kappa shape index (κ3) is 4.46. The Morgan fingerprint density at radius 2 is 2.05 bits per heavy atom. The van der Waals surface area contributed by atoms with Gasteiger partial charge in [0.2, 0.25) is 0 Å². The molecule has 0 aromatic heterocycles. The third-order valence-corrected chi connectivity index (χ3v) is 2.58. The minimum Gasteiger partial charge on any atom is -0.508 e. The van der Waals surface area contributed by atoms with Gasteiger partial charge in [0.25, 0.3) is 5.91 Å². The number of methoxy groups -OCH3 is 1. The van der Waals surface area contributed by atoms with Crippen molar-refractivity contribution in [1.29, 1.82) is 0 Å². The zero-order valence-corrected chi connectivity index (χ0v) is 10.8. The minimum absolute atomic E-state index is 0.0766. The van der Waals surface area contributed by atoms with E-state index in [4.69, 9.17) is 5.11 Å². The fraction of sp³-hybridized carbons (Fsp3) is 0.286. The molecule has 5 nitrogen and oxygen atoms in total. The van der Waals surface area contributed by atoms with Gasteiger partial charge < -0.3 is 15.2 Å². The highest BCUT2D eigenvalue weighted by Crippen LogP contribution is 2.10. The molecule has 0 aliphatic carbocycles. The van der Waals surface area contributed by atoms with Gasteiger partial charge in [0.1, 0.15) is 11.8 Å². The molecule has 1 rings (SSSR count). The number of amides is 1. The summed E-state index contributed by atoms with van der Waals surface area (Å²) in [6, 6.07) is 5.07. The van der Waals surface area contributed by atoms with Gasteiger partial charge in [0.05, 0.1) is 7.11 Å². The molecule has 0 unspecified atom stereocenters. The lowest BCUT2D eigenvalue weighted by atomic mass is 10.1. The monoisotopic (exact) mass is 263 g/mol. The van der Waals surface area contributed by atoms with Crippen molar-refractivity contribution in [3.63, 3.8) is 0 Å². The lowest BCUT2D eigenvalue weighted by molar-refractivity contribution is -0.143. The van der Waals surface area contributed by atoms with E-state index < -0.39 is 12.0 Å². The number of carbonyl (C=O) groups is 2. The van der Waals surface area contributed by atoms with Crippen molar-refractivity contribution in [2.24, 2.45) is 0 Å². The topological polar surface area (TPSA) is 75.6 Å². The predicted molar refractivity (Wildman–Crippen MR) is 70.8 cm³/mol. The molecular formula is C14H17NO4. The molecular weight excluding hydrogens is 246 g/mol. The van der Waals surface area contributed by atoms with Crippen LogP contribution in [0.2, 0.25) is 0 Å². The Morgan fingerprint density at radius 3 is 2.58 bits per heavy atom. The maximum absolute atomic E-state index is 11.9. The molecule has 0 aliphatic rings. The second kappa shape index (κ2) is 7.20. The van der Waals surface area contributed by atoms with Gasteiger partial charge in [0, 0.05) is 5.56 Å². The van der Waals surface area contributed by atoms with Gasteiger partial charge >= 0.3 is 5.97 Å². The number of esters is 1. The molecule has 0 fully saturated rings. The molecule has 5 heteroatoms. The molecule has 1 aromatic carbocycles. The van der Waals surface area contributed by atoms with Crippen molar-refractivity contribution in [3.05, 3.63) is 42.5 Å². The molecule has 1 amide bonds. The minimum atomic E-state index is -0.704. The molecule has 0 bridgehead atoms. The lowest BCUT2D eigenvalue weighted by Crippen LogP contribution is -2.41. The van der Waals surface area contributed by atoms with Crippen molar-refractivity contribution in [1.82, 2.24) is 5.32 Å². The number of allylic oxidation sites excluding steroid dienone is 1. The SMILES string of the molecule is C=CCC[C@H](NC(=O)c1ccc(O)cc1)C(=O)OC. The summed E-state index contributed by atoms with van der Waals surface area (Å²) in [5.74, 6) is -0.804. The average molecular weight is 263 g/mol. The maximum atomic E-state index is 11.9. The number of aromatic hydroxyl groups is 1. The van der Waals surface area contributed by atoms with E-state index in [9.17, 15) is 9.59 Å². The van der Waals surface area contributed by atoms with E-state index in [0.717, 1.165) is 0 Å². The number of hydrogen-bond donors (Lipinski definition) is 2. The molecule has 19 heavy (non-hydrogen) atoms. The molecule has 102 valence electrons. The van der Waals surface area contributed by atoms with E-state index in [1.807, 2.05) is 0 Å². The average Bonchev–Trinajstić information content (AvgIpc) is 2.43. The molecule has 0 aliphatic heterocycles. The Kier molecular flexibility index (Phi) is 5.60. The molecule has 0 radical (unpaired) electrons. The van der Waals surface area contributed by atoms with Crippen molar-refractivity contribution >= 4 is 11.9 Å². The maximum Gasteiger partial charge on any atom is 0.328 e. The van der Waals surface area contributed by atoms with Gasteiger partial charge in [-0.1, -0.05) is 6.08 Å². The van der Waals surface area contributed by atoms with Crippen LogP contribution in [-0.2, 0) is 9.53 Å². The van der Waals surface area contributed by atoms with Crippen LogP contribution in [0.5, 0.6) is 5.75 Å². The highest BCUT2D eigenvalue weighted by atomic mass is 16.5. The largest absolute Gasteiger partial charge is 0.508 e. The standard InChI is InChI=1S/C14H17NO4/c1-3-4-5-12(14(18)19-2)15-13(17)10-6-8-11(16)9-7-10/h3,6-9,12,16H,1,4-5H2,2H3,(H,15,17)/t12-/m0/s1. The number of ether oxygens (including phenoxy) is 1. The summed E-state index contributed by atoms with van der Waals surface area (Å²) in [6.45, 7) is 3.57. The molecule has 0 heterocycles. The van der Waals surface area contributed by atoms with E-state index in [0.29, 0.717) is 18.4 Å². The van der Waals surface area contributed by atoms with E-state index >= 15 is 0 Å². The van der Waals surface area contributed by atoms with Crippen molar-refractivity contribution in [2.45, 2.75) is 18.9 Å². The first kappa shape index (κ1) is 14.8. The van der Waals surface area contributed by atoms with E-state index in [1.165, 1.54) is 31.4 Å². The first-order valence-electron chi connectivity index (χ1n) is 5.87. The van der Waals surface area contributed by atoms with Gasteiger partial charge in [-0.2, -0.15) is 0 Å². The van der Waals surface area contributed by atoms with Crippen molar-refractivity contribution in [3.8, 4) is 5.75 Å². The Bertz CT molecular complexity index is 453. The Morgan fingerprint density at radius 1 is 1.42 bits per heavy atom. The van der Waals surface area contributed by atoms with Gasteiger partial charge in [0.15, 0.2) is 0 Å². The first-order chi connectivity index (χ1) is 9.08. The molecule has 2 N–H and O–H groups in total. The summed E-state index contributed by atoms with van der Waals surface area (Å²) in [5, 5.41) is 11.7. The number of hydrogen-bond acceptors (Lipinski definition) is 4. The lowest BCUT2D eigenvalue weighted by Gasteiger charge is -2.15. The van der Waals surface area contributed by atoms with Crippen LogP contribution >= 0.6 is 0 Å². The number of phenolic OH excluding ortho intramolecular Hbond substituents is 1. The Labute approximate surface area is 111 Å². The van der Waals surface area contributed by atoms with Crippen LogP contribution in [-0.4, -0.2) is 30.1 Å². The number of phenols is 1. The zero-order valence-electron chi connectivity index (χ0n) is 10.8. The summed E-state index contributed by atoms with van der Waals surface area (Å²) < 4.78 is 4.64. The summed E-state index contributed by atoms with van der Waals surface area (Å²) in [5.41, 5.74) is 0.366. The van der Waals surface area contributed by atoms with Crippen LogP contribution in [0.3, 0.4) is 0 Å². The molecule has 0 saturated carbocycles. The smallest absolute Gasteiger partial charge is 0.328 e. The fourth-order valence-electron chi connectivity index (χ4n) is 1.53. The van der Waals surface area contributed by atoms with Crippen LogP contribution in [0, 0.1) is 0 Å². The quantitative estimate of drug-likeness (QED) is 0.604. The Balaban J connectivity index is 2.72. The summed E-state index contributed by atoms with van der Waals surface area (Å²) in [4.78, 5) is 23.5. The summed E-state index contributed by atoms with van der Waals surface area (Å²) in [7, 11) is 1.27. The number of carbonyl (C=O) groups excluding carboxylic acids is 2. The number of nitrogens with one attached hydrogen (secondary N) is 1. The van der Waals surface area contributed by atoms with Crippen LogP contribution in [0.1, 0.15) is 23.2 Å².